The maximum atomic E-state index is 11.6. The molecular weight excluding hydrogens is 240 g/mol. The van der Waals surface area contributed by atoms with Crippen LogP contribution in [0.4, 0.5) is 0 Å². The van der Waals surface area contributed by atoms with E-state index in [1.165, 1.54) is 0 Å². The van der Waals surface area contributed by atoms with Crippen molar-refractivity contribution in [1.29, 1.82) is 0 Å². The predicted molar refractivity (Wildman–Crippen MR) is 64.1 cm³/mol. The van der Waals surface area contributed by atoms with Gasteiger partial charge in [-0.15, -0.1) is 0 Å². The molecule has 18 heavy (non-hydrogen) atoms. The van der Waals surface area contributed by atoms with Crippen LogP contribution in [0, 0.1) is 5.92 Å². The Balaban J connectivity index is 4.26. The van der Waals surface area contributed by atoms with Crippen LogP contribution in [0.25, 0.3) is 0 Å². The number of hydrogen-bond acceptors (Lipinski definition) is 4. The summed E-state index contributed by atoms with van der Waals surface area (Å²) in [4.78, 5) is 32.9. The van der Waals surface area contributed by atoms with E-state index in [2.05, 4.69) is 10.6 Å². The van der Waals surface area contributed by atoms with E-state index < -0.39 is 23.9 Å². The normalized spacial score (nSPS) is 13.7. The Morgan fingerprint density at radius 2 is 1.83 bits per heavy atom. The van der Waals surface area contributed by atoms with Gasteiger partial charge in [0.05, 0.1) is 0 Å². The third kappa shape index (κ3) is 6.85. The molecule has 0 fully saturated rings. The molecule has 0 aromatic rings. The lowest BCUT2D eigenvalue weighted by atomic mass is 10.1. The summed E-state index contributed by atoms with van der Waals surface area (Å²) in [6, 6.07) is -1.15. The number of aliphatic carboxylic acids is 2. The van der Waals surface area contributed by atoms with Gasteiger partial charge in [0.25, 0.3) is 0 Å². The van der Waals surface area contributed by atoms with Gasteiger partial charge in [-0.3, -0.25) is 9.59 Å². The lowest BCUT2D eigenvalue weighted by Crippen LogP contribution is -2.45. The number of amides is 1. The molecule has 0 aliphatic rings. The predicted octanol–water partition coefficient (Wildman–Crippen LogP) is -0.334. The van der Waals surface area contributed by atoms with E-state index in [4.69, 9.17) is 10.2 Å². The van der Waals surface area contributed by atoms with Gasteiger partial charge in [-0.2, -0.15) is 0 Å². The van der Waals surface area contributed by atoms with Crippen LogP contribution in [0.3, 0.4) is 0 Å². The van der Waals surface area contributed by atoms with Crippen molar-refractivity contribution in [1.82, 2.24) is 10.6 Å². The quantitative estimate of drug-likeness (QED) is 0.451. The summed E-state index contributed by atoms with van der Waals surface area (Å²) in [6.45, 7) is 4.75. The van der Waals surface area contributed by atoms with Gasteiger partial charge < -0.3 is 20.8 Å². The number of carbonyl (C=O) groups excluding carboxylic acids is 1. The minimum Gasteiger partial charge on any atom is -0.481 e. The van der Waals surface area contributed by atoms with Crippen molar-refractivity contribution in [2.75, 3.05) is 13.1 Å². The highest BCUT2D eigenvalue weighted by molar-refractivity contribution is 5.85. The van der Waals surface area contributed by atoms with Gasteiger partial charge >= 0.3 is 11.9 Å². The van der Waals surface area contributed by atoms with Gasteiger partial charge in [0.2, 0.25) is 5.91 Å². The monoisotopic (exact) mass is 260 g/mol. The zero-order valence-corrected chi connectivity index (χ0v) is 10.6. The minimum atomic E-state index is -1.22. The van der Waals surface area contributed by atoms with Gasteiger partial charge in [0.15, 0.2) is 0 Å². The van der Waals surface area contributed by atoms with Crippen LogP contribution in [0.2, 0.25) is 0 Å². The first kappa shape index (κ1) is 16.4. The highest BCUT2D eigenvalue weighted by atomic mass is 16.4. The summed E-state index contributed by atoms with van der Waals surface area (Å²) in [7, 11) is 0. The van der Waals surface area contributed by atoms with Gasteiger partial charge in [-0.05, 0) is 13.0 Å². The molecule has 0 bridgehead atoms. The Hall–Kier alpha value is -1.63. The fraction of sp³-hybridized carbons (Fsp3) is 0.727. The molecule has 1 amide bonds. The minimum absolute atomic E-state index is 0.121. The zero-order valence-electron chi connectivity index (χ0n) is 10.6. The van der Waals surface area contributed by atoms with Crippen molar-refractivity contribution in [2.24, 2.45) is 5.92 Å². The lowest BCUT2D eigenvalue weighted by Gasteiger charge is -2.17. The Kier molecular flexibility index (Phi) is 7.69. The van der Waals surface area contributed by atoms with Crippen LogP contribution in [0.1, 0.15) is 26.7 Å². The van der Waals surface area contributed by atoms with E-state index in [0.29, 0.717) is 6.54 Å². The second-order valence-electron chi connectivity index (χ2n) is 4.04. The fourth-order valence-corrected chi connectivity index (χ4v) is 1.29. The molecule has 4 N–H and O–H groups in total. The average Bonchev–Trinajstić information content (AvgIpc) is 2.30. The summed E-state index contributed by atoms with van der Waals surface area (Å²) >= 11 is 0. The Morgan fingerprint density at radius 3 is 2.28 bits per heavy atom. The van der Waals surface area contributed by atoms with Crippen molar-refractivity contribution < 1.29 is 24.6 Å². The molecule has 7 heteroatoms. The van der Waals surface area contributed by atoms with Crippen LogP contribution in [-0.2, 0) is 14.4 Å². The third-order valence-corrected chi connectivity index (χ3v) is 2.41. The van der Waals surface area contributed by atoms with Crippen molar-refractivity contribution >= 4 is 17.8 Å². The van der Waals surface area contributed by atoms with E-state index in [0.717, 1.165) is 6.54 Å². The first-order valence-corrected chi connectivity index (χ1v) is 5.84. The van der Waals surface area contributed by atoms with Gasteiger partial charge in [-0.1, -0.05) is 13.8 Å². The van der Waals surface area contributed by atoms with E-state index in [1.54, 1.807) is 6.92 Å². The Morgan fingerprint density at radius 1 is 1.22 bits per heavy atom. The maximum absolute atomic E-state index is 11.6. The highest BCUT2D eigenvalue weighted by Crippen LogP contribution is 2.01. The van der Waals surface area contributed by atoms with Crippen molar-refractivity contribution in [2.45, 2.75) is 32.7 Å². The van der Waals surface area contributed by atoms with Crippen LogP contribution < -0.4 is 10.6 Å². The van der Waals surface area contributed by atoms with Crippen LogP contribution in [0.5, 0.6) is 0 Å². The second-order valence-corrected chi connectivity index (χ2v) is 4.04. The van der Waals surface area contributed by atoms with Gasteiger partial charge in [0, 0.05) is 18.9 Å². The standard InChI is InChI=1S/C11H20N2O5/c1-3-12-6-7(2)10(16)13-8(11(17)18)4-5-9(14)15/h7-8,12H,3-6H2,1-2H3,(H,13,16)(H,14,15)(H,17,18). The lowest BCUT2D eigenvalue weighted by molar-refractivity contribution is -0.143. The summed E-state index contributed by atoms with van der Waals surface area (Å²) in [6.07, 6.45) is -0.414. The molecule has 2 atom stereocenters. The molecule has 0 radical (unpaired) electrons. The highest BCUT2D eigenvalue weighted by Gasteiger charge is 2.23. The smallest absolute Gasteiger partial charge is 0.326 e. The topological polar surface area (TPSA) is 116 Å². The summed E-state index contributed by atoms with van der Waals surface area (Å²) in [5, 5.41) is 22.7. The van der Waals surface area contributed by atoms with Crippen molar-refractivity contribution in [3.63, 3.8) is 0 Å². The molecule has 2 unspecified atom stereocenters. The molecular formula is C11H20N2O5. The number of rotatable bonds is 9. The van der Waals surface area contributed by atoms with E-state index >= 15 is 0 Å². The molecule has 0 aliphatic carbocycles. The molecule has 0 aliphatic heterocycles. The van der Waals surface area contributed by atoms with E-state index in [9.17, 15) is 14.4 Å². The molecule has 7 nitrogen and oxygen atoms in total. The number of nitrogens with one attached hydrogen (secondary N) is 2. The molecule has 104 valence electrons. The second kappa shape index (κ2) is 8.46. The number of carboxylic acids is 2. The Bertz CT molecular complexity index is 306. The van der Waals surface area contributed by atoms with Crippen molar-refractivity contribution in [3.05, 3.63) is 0 Å². The average molecular weight is 260 g/mol. The molecule has 0 spiro atoms. The van der Waals surface area contributed by atoms with Crippen LogP contribution in [-0.4, -0.2) is 47.2 Å². The molecule has 0 aromatic heterocycles. The summed E-state index contributed by atoms with van der Waals surface area (Å²) < 4.78 is 0. The molecule has 0 saturated carbocycles. The van der Waals surface area contributed by atoms with Gasteiger partial charge in [0.1, 0.15) is 6.04 Å². The number of hydrogen-bond donors (Lipinski definition) is 4. The largest absolute Gasteiger partial charge is 0.481 e. The number of carboxylic acid groups (broad SMARTS) is 2. The third-order valence-electron chi connectivity index (χ3n) is 2.41. The first-order chi connectivity index (χ1) is 8.38. The molecule has 0 saturated heterocycles. The molecule has 0 heterocycles. The SMILES string of the molecule is CCNCC(C)C(=O)NC(CCC(=O)O)C(=O)O. The Labute approximate surface area is 106 Å². The van der Waals surface area contributed by atoms with E-state index in [1.807, 2.05) is 6.92 Å². The summed E-state index contributed by atoms with van der Waals surface area (Å²) in [5.74, 6) is -3.07. The van der Waals surface area contributed by atoms with E-state index in [-0.39, 0.29) is 18.8 Å². The maximum Gasteiger partial charge on any atom is 0.326 e. The first-order valence-electron chi connectivity index (χ1n) is 5.84. The molecule has 0 aromatic carbocycles. The molecule has 0 rings (SSSR count). The zero-order chi connectivity index (χ0) is 14.1. The van der Waals surface area contributed by atoms with Crippen LogP contribution >= 0.6 is 0 Å². The van der Waals surface area contributed by atoms with Gasteiger partial charge in [-0.25, -0.2) is 4.79 Å². The van der Waals surface area contributed by atoms with Crippen LogP contribution in [0.15, 0.2) is 0 Å². The fourth-order valence-electron chi connectivity index (χ4n) is 1.29. The number of carbonyl (C=O) groups is 3. The summed E-state index contributed by atoms with van der Waals surface area (Å²) in [5.41, 5.74) is 0. The van der Waals surface area contributed by atoms with Crippen molar-refractivity contribution in [3.8, 4) is 0 Å².